The molecule has 1 unspecified atom stereocenters. The van der Waals surface area contributed by atoms with Crippen molar-refractivity contribution in [1.82, 2.24) is 10.3 Å². The summed E-state index contributed by atoms with van der Waals surface area (Å²) in [7, 11) is 1.34. The number of carbonyl (C=O) groups is 3. The summed E-state index contributed by atoms with van der Waals surface area (Å²) in [5.41, 5.74) is -1.81. The number of halogens is 4. The van der Waals surface area contributed by atoms with Gasteiger partial charge in [-0.1, -0.05) is 41.9 Å². The number of nitrogens with zero attached hydrogens (tertiary/aromatic N) is 3. The van der Waals surface area contributed by atoms with E-state index in [0.29, 0.717) is 22.2 Å². The highest BCUT2D eigenvalue weighted by atomic mass is 35.5. The van der Waals surface area contributed by atoms with Crippen molar-refractivity contribution in [2.45, 2.75) is 18.2 Å². The number of nitrogens with one attached hydrogen (secondary N) is 2. The Morgan fingerprint density at radius 3 is 2.33 bits per heavy atom. The van der Waals surface area contributed by atoms with Crippen molar-refractivity contribution >= 4 is 46.7 Å². The van der Waals surface area contributed by atoms with Gasteiger partial charge in [-0.3, -0.25) is 24.7 Å². The zero-order chi connectivity index (χ0) is 30.7. The number of anilines is 1. The number of guanidine groups is 1. The minimum atomic E-state index is -4.64. The van der Waals surface area contributed by atoms with E-state index in [1.54, 1.807) is 24.3 Å². The first-order valence-electron chi connectivity index (χ1n) is 12.2. The number of aliphatic carboxylic acids is 1. The fraction of sp³-hybridized carbons (Fsp3) is 0.179. The third kappa shape index (κ3) is 6.75. The van der Waals surface area contributed by atoms with Gasteiger partial charge in [0, 0.05) is 28.9 Å². The van der Waals surface area contributed by atoms with Crippen LogP contribution in [0.2, 0.25) is 5.02 Å². The van der Waals surface area contributed by atoms with Crippen LogP contribution in [0.25, 0.3) is 0 Å². The van der Waals surface area contributed by atoms with Gasteiger partial charge in [0.15, 0.2) is 5.60 Å². The molecule has 1 aliphatic rings. The van der Waals surface area contributed by atoms with Gasteiger partial charge in [-0.2, -0.15) is 18.3 Å². The molecule has 4 N–H and O–H groups in total. The van der Waals surface area contributed by atoms with Gasteiger partial charge in [-0.25, -0.2) is 5.01 Å². The van der Waals surface area contributed by atoms with Crippen LogP contribution >= 0.6 is 11.6 Å². The maximum Gasteiger partial charge on any atom is 0.416 e. The Morgan fingerprint density at radius 2 is 1.74 bits per heavy atom. The van der Waals surface area contributed by atoms with Crippen LogP contribution in [-0.2, 0) is 21.4 Å². The number of hydrazone groups is 1. The summed E-state index contributed by atoms with van der Waals surface area (Å²) in [4.78, 5) is 39.5. The lowest BCUT2D eigenvalue weighted by molar-refractivity contribution is -0.140. The zero-order valence-corrected chi connectivity index (χ0v) is 22.6. The van der Waals surface area contributed by atoms with E-state index in [1.807, 2.05) is 0 Å². The highest BCUT2D eigenvalue weighted by molar-refractivity contribution is 6.30. The first kappa shape index (κ1) is 30.2. The van der Waals surface area contributed by atoms with Gasteiger partial charge in [0.25, 0.3) is 5.91 Å². The predicted octanol–water partition coefficient (Wildman–Crippen LogP) is 4.10. The predicted molar refractivity (Wildman–Crippen MR) is 148 cm³/mol. The van der Waals surface area contributed by atoms with Gasteiger partial charge >= 0.3 is 12.1 Å². The lowest BCUT2D eigenvalue weighted by Crippen LogP contribution is -2.45. The van der Waals surface area contributed by atoms with Gasteiger partial charge in [0.2, 0.25) is 11.9 Å². The number of carbonyl (C=O) groups excluding carboxylic acids is 2. The van der Waals surface area contributed by atoms with E-state index in [1.165, 1.54) is 42.4 Å². The second-order valence-corrected chi connectivity index (χ2v) is 9.59. The molecular weight excluding hydrogens is 579 g/mol. The molecule has 1 atom stereocenters. The van der Waals surface area contributed by atoms with E-state index >= 15 is 0 Å². The largest absolute Gasteiger partial charge is 0.481 e. The molecule has 3 aromatic rings. The average molecular weight is 602 g/mol. The van der Waals surface area contributed by atoms with Crippen LogP contribution in [0.15, 0.2) is 82.9 Å². The Labute approximate surface area is 242 Å². The molecule has 0 saturated carbocycles. The van der Waals surface area contributed by atoms with Crippen LogP contribution in [0.3, 0.4) is 0 Å². The van der Waals surface area contributed by atoms with E-state index in [4.69, 9.17) is 16.7 Å². The monoisotopic (exact) mass is 601 g/mol. The summed E-state index contributed by atoms with van der Waals surface area (Å²) in [6, 6.07) is 16.3. The molecule has 10 nitrogen and oxygen atoms in total. The molecule has 2 amide bonds. The minimum absolute atomic E-state index is 0.141. The standard InChI is InChI=1S/C28H23ClF3N5O5/c1-33-26(35-25(41)17-3-2-4-19(13-17)28(30,31)32)37-15-27(42,24(36-37)16-5-9-20(29)10-6-16)18-7-11-21(12-8-18)34-22(38)14-23(39)40/h2-13,42H,14-15H2,1H3,(H,34,38)(H,39,40)(H,33,35,41). The highest BCUT2D eigenvalue weighted by Gasteiger charge is 2.45. The summed E-state index contributed by atoms with van der Waals surface area (Å²) in [6.45, 7) is -0.259. The second-order valence-electron chi connectivity index (χ2n) is 9.15. The first-order valence-corrected chi connectivity index (χ1v) is 12.6. The van der Waals surface area contributed by atoms with Crippen molar-refractivity contribution in [2.24, 2.45) is 10.1 Å². The molecule has 0 saturated heterocycles. The Morgan fingerprint density at radius 1 is 1.07 bits per heavy atom. The number of aliphatic hydroxyl groups is 1. The molecule has 0 fully saturated rings. The number of alkyl halides is 3. The van der Waals surface area contributed by atoms with Gasteiger partial charge in [-0.05, 0) is 48.0 Å². The number of hydrogen-bond donors (Lipinski definition) is 4. The fourth-order valence-corrected chi connectivity index (χ4v) is 4.33. The zero-order valence-electron chi connectivity index (χ0n) is 21.8. The molecule has 0 radical (unpaired) electrons. The second kappa shape index (κ2) is 12.0. The number of β-amino-alcohol motifs (C(OH)–C–C–N with tert-alkyl or cyclic N) is 1. The van der Waals surface area contributed by atoms with Crippen molar-refractivity contribution < 1.29 is 37.8 Å². The molecule has 3 aromatic carbocycles. The van der Waals surface area contributed by atoms with Crippen LogP contribution in [0.5, 0.6) is 0 Å². The maximum absolute atomic E-state index is 13.2. The third-order valence-corrected chi connectivity index (χ3v) is 6.45. The fourth-order valence-electron chi connectivity index (χ4n) is 4.20. The van der Waals surface area contributed by atoms with Crippen molar-refractivity contribution in [3.05, 3.63) is 100 Å². The van der Waals surface area contributed by atoms with Crippen LogP contribution in [-0.4, -0.2) is 58.3 Å². The molecule has 42 heavy (non-hydrogen) atoms. The van der Waals surface area contributed by atoms with Crippen LogP contribution < -0.4 is 10.6 Å². The molecule has 1 heterocycles. The lowest BCUT2D eigenvalue weighted by Gasteiger charge is -2.26. The Balaban J connectivity index is 1.64. The molecule has 0 aromatic heterocycles. The Bertz CT molecular complexity index is 1580. The number of carboxylic acids is 1. The SMILES string of the molecule is CN=C(NC(=O)c1cccc(C(F)(F)F)c1)N1CC(O)(c2ccc(NC(=O)CC(=O)O)cc2)C(c2ccc(Cl)cc2)=N1. The van der Waals surface area contributed by atoms with Gasteiger partial charge < -0.3 is 15.5 Å². The van der Waals surface area contributed by atoms with Crippen LogP contribution in [0, 0.1) is 0 Å². The van der Waals surface area contributed by atoms with Crippen molar-refractivity contribution in [2.75, 3.05) is 18.9 Å². The van der Waals surface area contributed by atoms with E-state index < -0.39 is 41.5 Å². The Hall–Kier alpha value is -4.75. The topological polar surface area (TPSA) is 144 Å². The molecule has 14 heteroatoms. The number of rotatable bonds is 6. The lowest BCUT2D eigenvalue weighted by atomic mass is 9.86. The molecule has 1 aliphatic heterocycles. The summed E-state index contributed by atoms with van der Waals surface area (Å²) in [6.07, 6.45) is -5.37. The number of carboxylic acid groups (broad SMARTS) is 1. The number of hydrogen-bond acceptors (Lipinski definition) is 6. The van der Waals surface area contributed by atoms with Crippen molar-refractivity contribution in [3.8, 4) is 0 Å². The van der Waals surface area contributed by atoms with Crippen LogP contribution in [0.4, 0.5) is 18.9 Å². The van der Waals surface area contributed by atoms with Crippen LogP contribution in [0.1, 0.15) is 33.5 Å². The van der Waals surface area contributed by atoms with E-state index in [0.717, 1.165) is 12.1 Å². The van der Waals surface area contributed by atoms with E-state index in [9.17, 15) is 32.7 Å². The average Bonchev–Trinajstić information content (AvgIpc) is 3.29. The van der Waals surface area contributed by atoms with Gasteiger partial charge in [0.05, 0.1) is 12.1 Å². The summed E-state index contributed by atoms with van der Waals surface area (Å²) >= 11 is 6.03. The molecule has 218 valence electrons. The molecule has 0 aliphatic carbocycles. The minimum Gasteiger partial charge on any atom is -0.481 e. The quantitative estimate of drug-likeness (QED) is 0.190. The van der Waals surface area contributed by atoms with E-state index in [2.05, 4.69) is 20.7 Å². The highest BCUT2D eigenvalue weighted by Crippen LogP contribution is 2.34. The summed E-state index contributed by atoms with van der Waals surface area (Å²) in [5, 5.41) is 31.8. The summed E-state index contributed by atoms with van der Waals surface area (Å²) < 4.78 is 39.5. The number of benzene rings is 3. The maximum atomic E-state index is 13.2. The normalized spacial score (nSPS) is 17.0. The smallest absolute Gasteiger partial charge is 0.416 e. The third-order valence-electron chi connectivity index (χ3n) is 6.20. The molecule has 0 spiro atoms. The van der Waals surface area contributed by atoms with Gasteiger partial charge in [0.1, 0.15) is 12.1 Å². The van der Waals surface area contributed by atoms with Gasteiger partial charge in [-0.15, -0.1) is 0 Å². The first-order chi connectivity index (χ1) is 19.8. The molecular formula is C28H23ClF3N5O5. The van der Waals surface area contributed by atoms with Crippen molar-refractivity contribution in [3.63, 3.8) is 0 Å². The van der Waals surface area contributed by atoms with E-state index in [-0.39, 0.29) is 29.5 Å². The number of amides is 2. The Kier molecular flexibility index (Phi) is 8.64. The summed E-state index contributed by atoms with van der Waals surface area (Å²) in [5.74, 6) is -3.04. The van der Waals surface area contributed by atoms with Crippen molar-refractivity contribution in [1.29, 1.82) is 0 Å². The molecule has 4 rings (SSSR count). The molecule has 0 bridgehead atoms. The number of aliphatic imine (C=N–C) groups is 1.